The number of nitrogen functional groups attached to an aromatic ring is 1. The average molecular weight is 344 g/mol. The lowest BCUT2D eigenvalue weighted by atomic mass is 9.97. The van der Waals surface area contributed by atoms with Crippen LogP contribution in [-0.4, -0.2) is 46.1 Å². The number of hydrogen-bond donors (Lipinski definition) is 2. The molecule has 2 aromatic heterocycles. The van der Waals surface area contributed by atoms with Gasteiger partial charge in [-0.2, -0.15) is 4.98 Å². The van der Waals surface area contributed by atoms with Crippen molar-refractivity contribution in [3.8, 4) is 0 Å². The Morgan fingerprint density at radius 3 is 2.80 bits per heavy atom. The Labute approximate surface area is 148 Å². The summed E-state index contributed by atoms with van der Waals surface area (Å²) in [6.07, 6.45) is 6.18. The van der Waals surface area contributed by atoms with Gasteiger partial charge >= 0.3 is 0 Å². The SMILES string of the molecule is CCCCNc1nc(N)nc2ccn(CC3CCN(C)CC3)c(=O)c12. The number of pyridine rings is 1. The fraction of sp³-hybridized carbons (Fsp3) is 0.611. The lowest BCUT2D eigenvalue weighted by Gasteiger charge is -2.29. The molecule has 7 nitrogen and oxygen atoms in total. The van der Waals surface area contributed by atoms with Crippen LogP contribution in [0.2, 0.25) is 0 Å². The molecule has 136 valence electrons. The van der Waals surface area contributed by atoms with E-state index in [2.05, 4.69) is 34.2 Å². The summed E-state index contributed by atoms with van der Waals surface area (Å²) in [6, 6.07) is 1.87. The number of likely N-dealkylation sites (tertiary alicyclic amines) is 1. The van der Waals surface area contributed by atoms with Gasteiger partial charge in [0.2, 0.25) is 5.95 Å². The normalized spacial score (nSPS) is 16.4. The van der Waals surface area contributed by atoms with Gasteiger partial charge < -0.3 is 20.5 Å². The first-order valence-electron chi connectivity index (χ1n) is 9.17. The molecule has 0 aromatic carbocycles. The molecule has 3 heterocycles. The summed E-state index contributed by atoms with van der Waals surface area (Å²) in [5, 5.41) is 3.80. The molecule has 0 saturated carbocycles. The van der Waals surface area contributed by atoms with Crippen molar-refractivity contribution in [2.75, 3.05) is 37.7 Å². The minimum absolute atomic E-state index is 0.0320. The number of hydrogen-bond acceptors (Lipinski definition) is 6. The van der Waals surface area contributed by atoms with Gasteiger partial charge in [0.1, 0.15) is 11.2 Å². The fourth-order valence-electron chi connectivity index (χ4n) is 3.38. The number of nitrogens with two attached hydrogens (primary N) is 1. The molecule has 1 aliphatic rings. The van der Waals surface area contributed by atoms with Crippen molar-refractivity contribution in [1.29, 1.82) is 0 Å². The zero-order chi connectivity index (χ0) is 17.8. The first kappa shape index (κ1) is 17.7. The van der Waals surface area contributed by atoms with E-state index in [1.165, 1.54) is 0 Å². The zero-order valence-corrected chi connectivity index (χ0v) is 15.2. The predicted molar refractivity (Wildman–Crippen MR) is 102 cm³/mol. The van der Waals surface area contributed by atoms with E-state index in [1.54, 1.807) is 0 Å². The molecular weight excluding hydrogens is 316 g/mol. The number of anilines is 2. The molecule has 3 rings (SSSR count). The summed E-state index contributed by atoms with van der Waals surface area (Å²) in [7, 11) is 2.15. The molecule has 1 saturated heterocycles. The van der Waals surface area contributed by atoms with Gasteiger partial charge in [0, 0.05) is 19.3 Å². The van der Waals surface area contributed by atoms with Crippen LogP contribution >= 0.6 is 0 Å². The highest BCUT2D eigenvalue weighted by molar-refractivity contribution is 5.89. The molecule has 0 atom stereocenters. The van der Waals surface area contributed by atoms with Crippen LogP contribution in [0, 0.1) is 5.92 Å². The van der Waals surface area contributed by atoms with Crippen molar-refractivity contribution < 1.29 is 0 Å². The number of piperidine rings is 1. The van der Waals surface area contributed by atoms with Gasteiger partial charge in [0.05, 0.1) is 5.52 Å². The van der Waals surface area contributed by atoms with E-state index in [9.17, 15) is 4.79 Å². The Morgan fingerprint density at radius 1 is 1.32 bits per heavy atom. The van der Waals surface area contributed by atoms with Crippen molar-refractivity contribution >= 4 is 22.7 Å². The third kappa shape index (κ3) is 4.10. The van der Waals surface area contributed by atoms with Crippen LogP contribution in [0.4, 0.5) is 11.8 Å². The Kier molecular flexibility index (Phi) is 5.53. The van der Waals surface area contributed by atoms with Crippen molar-refractivity contribution in [2.24, 2.45) is 5.92 Å². The lowest BCUT2D eigenvalue weighted by Crippen LogP contribution is -2.34. The summed E-state index contributed by atoms with van der Waals surface area (Å²) in [4.78, 5) is 23.9. The molecule has 0 spiro atoms. The van der Waals surface area contributed by atoms with Crippen LogP contribution in [0.1, 0.15) is 32.6 Å². The standard InChI is InChI=1S/C18H28N6O/c1-3-4-8-20-16-15-14(21-18(19)22-16)7-11-24(17(15)25)12-13-5-9-23(2)10-6-13/h7,11,13H,3-6,8-10,12H2,1-2H3,(H3,19,20,21,22). The minimum atomic E-state index is -0.0320. The van der Waals surface area contributed by atoms with E-state index >= 15 is 0 Å². The average Bonchev–Trinajstić information content (AvgIpc) is 2.59. The van der Waals surface area contributed by atoms with Gasteiger partial charge in [0.25, 0.3) is 5.56 Å². The summed E-state index contributed by atoms with van der Waals surface area (Å²) in [5.74, 6) is 1.29. The third-order valence-electron chi connectivity index (χ3n) is 4.96. The second-order valence-electron chi connectivity index (χ2n) is 6.99. The summed E-state index contributed by atoms with van der Waals surface area (Å²) >= 11 is 0. The molecule has 1 fully saturated rings. The highest BCUT2D eigenvalue weighted by atomic mass is 16.1. The minimum Gasteiger partial charge on any atom is -0.369 e. The van der Waals surface area contributed by atoms with Gasteiger partial charge in [0.15, 0.2) is 0 Å². The van der Waals surface area contributed by atoms with Gasteiger partial charge in [-0.05, 0) is 51.4 Å². The van der Waals surface area contributed by atoms with Crippen LogP contribution in [0.15, 0.2) is 17.1 Å². The van der Waals surface area contributed by atoms with Crippen LogP contribution < -0.4 is 16.6 Å². The highest BCUT2D eigenvalue weighted by Gasteiger charge is 2.19. The molecule has 2 aromatic rings. The molecule has 0 bridgehead atoms. The molecule has 7 heteroatoms. The quantitative estimate of drug-likeness (QED) is 0.779. The third-order valence-corrected chi connectivity index (χ3v) is 4.96. The number of fused-ring (bicyclic) bond motifs is 1. The van der Waals surface area contributed by atoms with Gasteiger partial charge in [-0.3, -0.25) is 4.79 Å². The Bertz CT molecular complexity index is 779. The maximum absolute atomic E-state index is 13.0. The highest BCUT2D eigenvalue weighted by Crippen LogP contribution is 2.20. The molecule has 0 aliphatic carbocycles. The van der Waals surface area contributed by atoms with E-state index in [0.29, 0.717) is 22.6 Å². The van der Waals surface area contributed by atoms with Crippen molar-refractivity contribution in [3.63, 3.8) is 0 Å². The summed E-state index contributed by atoms with van der Waals surface area (Å²) in [6.45, 7) is 5.84. The van der Waals surface area contributed by atoms with E-state index in [-0.39, 0.29) is 11.5 Å². The van der Waals surface area contributed by atoms with E-state index in [0.717, 1.165) is 51.9 Å². The van der Waals surface area contributed by atoms with Crippen molar-refractivity contribution in [3.05, 3.63) is 22.6 Å². The Morgan fingerprint density at radius 2 is 2.08 bits per heavy atom. The van der Waals surface area contributed by atoms with E-state index < -0.39 is 0 Å². The van der Waals surface area contributed by atoms with Crippen LogP contribution in [0.3, 0.4) is 0 Å². The Hall–Kier alpha value is -2.15. The smallest absolute Gasteiger partial charge is 0.263 e. The second kappa shape index (κ2) is 7.82. The molecule has 0 unspecified atom stereocenters. The molecule has 25 heavy (non-hydrogen) atoms. The maximum Gasteiger partial charge on any atom is 0.263 e. The lowest BCUT2D eigenvalue weighted by molar-refractivity contribution is 0.204. The molecule has 0 amide bonds. The fourth-order valence-corrected chi connectivity index (χ4v) is 3.38. The van der Waals surface area contributed by atoms with Crippen LogP contribution in [-0.2, 0) is 6.54 Å². The number of unbranched alkanes of at least 4 members (excludes halogenated alkanes) is 1. The first-order valence-corrected chi connectivity index (χ1v) is 9.17. The first-order chi connectivity index (χ1) is 12.1. The number of aromatic nitrogens is 3. The van der Waals surface area contributed by atoms with Crippen molar-refractivity contribution in [2.45, 2.75) is 39.2 Å². The van der Waals surface area contributed by atoms with Crippen LogP contribution in [0.25, 0.3) is 10.9 Å². The monoisotopic (exact) mass is 344 g/mol. The van der Waals surface area contributed by atoms with Crippen molar-refractivity contribution in [1.82, 2.24) is 19.4 Å². The maximum atomic E-state index is 13.0. The van der Waals surface area contributed by atoms with Gasteiger partial charge in [-0.15, -0.1) is 0 Å². The Balaban J connectivity index is 1.90. The molecule has 3 N–H and O–H groups in total. The topological polar surface area (TPSA) is 89.1 Å². The zero-order valence-electron chi connectivity index (χ0n) is 15.2. The van der Waals surface area contributed by atoms with E-state index in [4.69, 9.17) is 5.73 Å². The number of rotatable bonds is 6. The number of nitrogens with one attached hydrogen (secondary N) is 1. The van der Waals surface area contributed by atoms with E-state index in [1.807, 2.05) is 16.8 Å². The predicted octanol–water partition coefficient (Wildman–Crippen LogP) is 1.93. The molecular formula is C18H28N6O. The number of nitrogens with zero attached hydrogens (tertiary/aromatic N) is 4. The molecule has 1 aliphatic heterocycles. The molecule has 0 radical (unpaired) electrons. The van der Waals surface area contributed by atoms with Gasteiger partial charge in [-0.25, -0.2) is 4.98 Å². The van der Waals surface area contributed by atoms with Crippen LogP contribution in [0.5, 0.6) is 0 Å². The summed E-state index contributed by atoms with van der Waals surface area (Å²) < 4.78 is 1.81. The largest absolute Gasteiger partial charge is 0.369 e. The second-order valence-corrected chi connectivity index (χ2v) is 6.99. The summed E-state index contributed by atoms with van der Waals surface area (Å²) in [5.41, 5.74) is 6.38. The van der Waals surface area contributed by atoms with Gasteiger partial charge in [-0.1, -0.05) is 13.3 Å².